The first-order valence-corrected chi connectivity index (χ1v) is 7.98. The minimum absolute atomic E-state index is 0.856. The standard InChI is InChI=1S/C16H29N/c1-11(2)13-5-7-15(8-6-13)17-16-10-12-3-4-14(16)9-12/h11-17H,3-10H2,1-2H3. The summed E-state index contributed by atoms with van der Waals surface area (Å²) in [5, 5.41) is 4.01. The van der Waals surface area contributed by atoms with Crippen LogP contribution in [0.3, 0.4) is 0 Å². The maximum absolute atomic E-state index is 4.01. The Morgan fingerprint density at radius 3 is 2.18 bits per heavy atom. The van der Waals surface area contributed by atoms with Crippen LogP contribution in [-0.4, -0.2) is 12.1 Å². The third kappa shape index (κ3) is 2.54. The zero-order chi connectivity index (χ0) is 11.8. The van der Waals surface area contributed by atoms with E-state index in [0.29, 0.717) is 0 Å². The Bertz CT molecular complexity index is 252. The van der Waals surface area contributed by atoms with Crippen LogP contribution in [0.1, 0.15) is 65.2 Å². The van der Waals surface area contributed by atoms with Gasteiger partial charge in [0.2, 0.25) is 0 Å². The normalized spacial score (nSPS) is 45.7. The Balaban J connectivity index is 1.45. The molecule has 3 saturated carbocycles. The molecule has 0 heterocycles. The second-order valence-electron chi connectivity index (χ2n) is 7.30. The van der Waals surface area contributed by atoms with Gasteiger partial charge in [0.1, 0.15) is 0 Å². The molecule has 3 atom stereocenters. The van der Waals surface area contributed by atoms with Crippen molar-refractivity contribution >= 4 is 0 Å². The van der Waals surface area contributed by atoms with Gasteiger partial charge >= 0.3 is 0 Å². The van der Waals surface area contributed by atoms with Crippen LogP contribution in [0.2, 0.25) is 0 Å². The number of nitrogens with one attached hydrogen (secondary N) is 1. The van der Waals surface area contributed by atoms with Crippen molar-refractivity contribution in [2.45, 2.75) is 77.3 Å². The van der Waals surface area contributed by atoms with Crippen molar-refractivity contribution in [2.24, 2.45) is 23.7 Å². The van der Waals surface area contributed by atoms with Crippen molar-refractivity contribution in [3.8, 4) is 0 Å². The Morgan fingerprint density at radius 1 is 0.882 bits per heavy atom. The Kier molecular flexibility index (Phi) is 3.47. The molecule has 0 radical (unpaired) electrons. The molecule has 0 saturated heterocycles. The van der Waals surface area contributed by atoms with Crippen molar-refractivity contribution in [2.75, 3.05) is 0 Å². The summed E-state index contributed by atoms with van der Waals surface area (Å²) in [7, 11) is 0. The lowest BCUT2D eigenvalue weighted by Gasteiger charge is -2.35. The van der Waals surface area contributed by atoms with Crippen LogP contribution >= 0.6 is 0 Å². The van der Waals surface area contributed by atoms with Gasteiger partial charge in [-0.1, -0.05) is 20.3 Å². The lowest BCUT2D eigenvalue weighted by molar-refractivity contribution is 0.212. The molecular weight excluding hydrogens is 206 g/mol. The average Bonchev–Trinajstić information content (AvgIpc) is 2.91. The molecule has 1 N–H and O–H groups in total. The molecule has 3 aliphatic carbocycles. The van der Waals surface area contributed by atoms with Gasteiger partial charge in [0, 0.05) is 12.1 Å². The van der Waals surface area contributed by atoms with Gasteiger partial charge in [-0.2, -0.15) is 0 Å². The predicted molar refractivity (Wildman–Crippen MR) is 73.0 cm³/mol. The first-order valence-electron chi connectivity index (χ1n) is 7.98. The third-order valence-electron chi connectivity index (χ3n) is 5.90. The Morgan fingerprint density at radius 2 is 1.65 bits per heavy atom. The van der Waals surface area contributed by atoms with Crippen molar-refractivity contribution < 1.29 is 0 Å². The summed E-state index contributed by atoms with van der Waals surface area (Å²) >= 11 is 0. The molecule has 0 aromatic carbocycles. The molecule has 0 aliphatic heterocycles. The van der Waals surface area contributed by atoms with E-state index < -0.39 is 0 Å². The second kappa shape index (κ2) is 4.91. The Labute approximate surface area is 107 Å². The zero-order valence-electron chi connectivity index (χ0n) is 11.6. The van der Waals surface area contributed by atoms with Crippen molar-refractivity contribution in [1.29, 1.82) is 0 Å². The van der Waals surface area contributed by atoms with E-state index >= 15 is 0 Å². The second-order valence-corrected chi connectivity index (χ2v) is 7.30. The summed E-state index contributed by atoms with van der Waals surface area (Å²) < 4.78 is 0. The number of hydrogen-bond donors (Lipinski definition) is 1. The van der Waals surface area contributed by atoms with Crippen molar-refractivity contribution in [3.63, 3.8) is 0 Å². The van der Waals surface area contributed by atoms with Gasteiger partial charge in [-0.15, -0.1) is 0 Å². The summed E-state index contributed by atoms with van der Waals surface area (Å²) in [6.07, 6.45) is 11.9. The monoisotopic (exact) mass is 235 g/mol. The summed E-state index contributed by atoms with van der Waals surface area (Å²) in [6.45, 7) is 4.79. The molecule has 3 fully saturated rings. The smallest absolute Gasteiger partial charge is 0.0101 e. The van der Waals surface area contributed by atoms with E-state index in [0.717, 1.165) is 35.8 Å². The molecule has 3 aliphatic rings. The molecule has 1 heteroatoms. The van der Waals surface area contributed by atoms with Gasteiger partial charge in [0.05, 0.1) is 0 Å². The summed E-state index contributed by atoms with van der Waals surface area (Å²) in [6, 6.07) is 1.75. The highest BCUT2D eigenvalue weighted by atomic mass is 15.0. The van der Waals surface area contributed by atoms with Crippen LogP contribution in [0.4, 0.5) is 0 Å². The van der Waals surface area contributed by atoms with E-state index in [4.69, 9.17) is 0 Å². The zero-order valence-corrected chi connectivity index (χ0v) is 11.6. The van der Waals surface area contributed by atoms with E-state index in [1.807, 2.05) is 0 Å². The van der Waals surface area contributed by atoms with Gasteiger partial charge in [-0.3, -0.25) is 0 Å². The lowest BCUT2D eigenvalue weighted by atomic mass is 9.79. The fourth-order valence-corrected chi connectivity index (χ4v) is 4.70. The van der Waals surface area contributed by atoms with Crippen LogP contribution in [0.5, 0.6) is 0 Å². The first-order chi connectivity index (χ1) is 8.22. The molecule has 0 amide bonds. The van der Waals surface area contributed by atoms with Gasteiger partial charge in [0.25, 0.3) is 0 Å². The van der Waals surface area contributed by atoms with Crippen molar-refractivity contribution in [3.05, 3.63) is 0 Å². The fraction of sp³-hybridized carbons (Fsp3) is 1.00. The summed E-state index contributed by atoms with van der Waals surface area (Å²) in [4.78, 5) is 0. The summed E-state index contributed by atoms with van der Waals surface area (Å²) in [5.74, 6) is 4.04. The van der Waals surface area contributed by atoms with Gasteiger partial charge in [-0.25, -0.2) is 0 Å². The topological polar surface area (TPSA) is 12.0 Å². The van der Waals surface area contributed by atoms with E-state index in [1.165, 1.54) is 44.9 Å². The van der Waals surface area contributed by atoms with Gasteiger partial charge in [0.15, 0.2) is 0 Å². The average molecular weight is 235 g/mol. The highest BCUT2D eigenvalue weighted by Gasteiger charge is 2.40. The molecular formula is C16H29N. The maximum atomic E-state index is 4.01. The van der Waals surface area contributed by atoms with Gasteiger partial charge in [-0.05, 0) is 68.6 Å². The highest BCUT2D eigenvalue weighted by Crippen LogP contribution is 2.45. The van der Waals surface area contributed by atoms with Crippen LogP contribution in [-0.2, 0) is 0 Å². The molecule has 17 heavy (non-hydrogen) atoms. The number of rotatable bonds is 3. The molecule has 3 rings (SSSR count). The van der Waals surface area contributed by atoms with Gasteiger partial charge < -0.3 is 5.32 Å². The number of hydrogen-bond acceptors (Lipinski definition) is 1. The van der Waals surface area contributed by atoms with E-state index in [2.05, 4.69) is 19.2 Å². The van der Waals surface area contributed by atoms with Crippen LogP contribution < -0.4 is 5.32 Å². The van der Waals surface area contributed by atoms with E-state index in [1.54, 1.807) is 6.42 Å². The maximum Gasteiger partial charge on any atom is 0.0101 e. The van der Waals surface area contributed by atoms with Crippen LogP contribution in [0.15, 0.2) is 0 Å². The molecule has 98 valence electrons. The fourth-order valence-electron chi connectivity index (χ4n) is 4.70. The molecule has 0 spiro atoms. The number of fused-ring (bicyclic) bond motifs is 2. The molecule has 1 nitrogen and oxygen atoms in total. The SMILES string of the molecule is CC(C)C1CCC(NC2CC3CCC2C3)CC1. The lowest BCUT2D eigenvalue weighted by Crippen LogP contribution is -2.43. The predicted octanol–water partition coefficient (Wildman–Crippen LogP) is 3.98. The third-order valence-corrected chi connectivity index (χ3v) is 5.90. The first kappa shape index (κ1) is 12.0. The molecule has 0 aromatic rings. The van der Waals surface area contributed by atoms with Crippen LogP contribution in [0.25, 0.3) is 0 Å². The highest BCUT2D eigenvalue weighted by molar-refractivity contribution is 4.96. The molecule has 2 bridgehead atoms. The quantitative estimate of drug-likeness (QED) is 0.780. The van der Waals surface area contributed by atoms with Crippen molar-refractivity contribution in [1.82, 2.24) is 5.32 Å². The van der Waals surface area contributed by atoms with Crippen LogP contribution in [0, 0.1) is 23.7 Å². The minimum atomic E-state index is 0.856. The largest absolute Gasteiger partial charge is 0.311 e. The van der Waals surface area contributed by atoms with E-state index in [-0.39, 0.29) is 0 Å². The molecule has 3 unspecified atom stereocenters. The molecule has 0 aromatic heterocycles. The summed E-state index contributed by atoms with van der Waals surface area (Å²) in [5.41, 5.74) is 0. The minimum Gasteiger partial charge on any atom is -0.311 e. The Hall–Kier alpha value is -0.0400. The van der Waals surface area contributed by atoms with E-state index in [9.17, 15) is 0 Å².